The van der Waals surface area contributed by atoms with Gasteiger partial charge in [-0.2, -0.15) is 0 Å². The summed E-state index contributed by atoms with van der Waals surface area (Å²) < 4.78 is 0. The lowest BCUT2D eigenvalue weighted by Crippen LogP contribution is -2.32. The van der Waals surface area contributed by atoms with Gasteiger partial charge in [-0.15, -0.1) is 0 Å². The molecule has 0 amide bonds. The molecule has 4 rings (SSSR count). The second kappa shape index (κ2) is 3.81. The molecule has 0 aromatic heterocycles. The molecule has 0 fully saturated rings. The zero-order valence-electron chi connectivity index (χ0n) is 10.6. The van der Waals surface area contributed by atoms with E-state index in [0.29, 0.717) is 11.7 Å². The highest BCUT2D eigenvalue weighted by Crippen LogP contribution is 2.49. The molecular weight excluding hydrogens is 220 g/mol. The van der Waals surface area contributed by atoms with E-state index < -0.39 is 0 Å². The molecule has 0 saturated heterocycles. The summed E-state index contributed by atoms with van der Waals surface area (Å²) in [6.07, 6.45) is 6.74. The molecule has 3 aliphatic rings. The molecule has 2 atom stereocenters. The fourth-order valence-electron chi connectivity index (χ4n) is 4.24. The van der Waals surface area contributed by atoms with E-state index in [0.717, 1.165) is 25.7 Å². The van der Waals surface area contributed by atoms with Gasteiger partial charge in [-0.3, -0.25) is 4.79 Å². The van der Waals surface area contributed by atoms with Crippen LogP contribution in [0.15, 0.2) is 35.4 Å². The zero-order chi connectivity index (χ0) is 12.1. The molecule has 1 nitrogen and oxygen atoms in total. The average molecular weight is 238 g/mol. The van der Waals surface area contributed by atoms with Crippen LogP contribution in [0.25, 0.3) is 0 Å². The summed E-state index contributed by atoms with van der Waals surface area (Å²) in [6, 6.07) is 8.75. The van der Waals surface area contributed by atoms with Gasteiger partial charge in [-0.25, -0.2) is 0 Å². The zero-order valence-corrected chi connectivity index (χ0v) is 10.6. The van der Waals surface area contributed by atoms with Crippen LogP contribution in [0.1, 0.15) is 49.1 Å². The Labute approximate surface area is 108 Å². The van der Waals surface area contributed by atoms with Crippen molar-refractivity contribution in [1.29, 1.82) is 0 Å². The van der Waals surface area contributed by atoms with Crippen LogP contribution in [0, 0.1) is 5.92 Å². The van der Waals surface area contributed by atoms with E-state index in [4.69, 9.17) is 0 Å². The lowest BCUT2D eigenvalue weighted by molar-refractivity contribution is -0.121. The van der Waals surface area contributed by atoms with Crippen molar-refractivity contribution in [2.75, 3.05) is 0 Å². The van der Waals surface area contributed by atoms with E-state index in [1.807, 2.05) is 0 Å². The SMILES string of the molecule is O=C1C2=C(CCC2)C[C@@H]2c3ccccc3CC[C@@H]12. The maximum atomic E-state index is 12.6. The third kappa shape index (κ3) is 1.36. The Morgan fingerprint density at radius 1 is 1.00 bits per heavy atom. The van der Waals surface area contributed by atoms with Gasteiger partial charge < -0.3 is 0 Å². The number of hydrogen-bond acceptors (Lipinski definition) is 1. The van der Waals surface area contributed by atoms with E-state index in [-0.39, 0.29) is 5.92 Å². The molecule has 1 aromatic carbocycles. The number of allylic oxidation sites excluding steroid dienone is 2. The summed E-state index contributed by atoms with van der Waals surface area (Å²) in [6.45, 7) is 0. The molecule has 1 aromatic rings. The van der Waals surface area contributed by atoms with Crippen LogP contribution in [-0.4, -0.2) is 5.78 Å². The van der Waals surface area contributed by atoms with Crippen LogP contribution in [0.4, 0.5) is 0 Å². The number of benzene rings is 1. The summed E-state index contributed by atoms with van der Waals surface area (Å²) in [5, 5.41) is 0. The van der Waals surface area contributed by atoms with Crippen molar-refractivity contribution in [3.8, 4) is 0 Å². The summed E-state index contributed by atoms with van der Waals surface area (Å²) in [5.74, 6) is 1.27. The predicted molar refractivity (Wildman–Crippen MR) is 71.5 cm³/mol. The van der Waals surface area contributed by atoms with Crippen LogP contribution in [0.3, 0.4) is 0 Å². The Hall–Kier alpha value is -1.37. The number of fused-ring (bicyclic) bond motifs is 3. The second-order valence-corrected chi connectivity index (χ2v) is 5.95. The molecule has 0 radical (unpaired) electrons. The van der Waals surface area contributed by atoms with Crippen molar-refractivity contribution < 1.29 is 4.79 Å². The quantitative estimate of drug-likeness (QED) is 0.672. The van der Waals surface area contributed by atoms with Crippen LogP contribution < -0.4 is 0 Å². The third-order valence-corrected chi connectivity index (χ3v) is 5.10. The van der Waals surface area contributed by atoms with E-state index in [1.165, 1.54) is 35.1 Å². The first-order valence-electron chi connectivity index (χ1n) is 7.17. The number of hydrogen-bond donors (Lipinski definition) is 0. The minimum Gasteiger partial charge on any atom is -0.294 e. The Morgan fingerprint density at radius 2 is 1.89 bits per heavy atom. The first-order valence-corrected chi connectivity index (χ1v) is 7.17. The van der Waals surface area contributed by atoms with E-state index >= 15 is 0 Å². The topological polar surface area (TPSA) is 17.1 Å². The minimum atomic E-state index is 0.289. The monoisotopic (exact) mass is 238 g/mol. The summed E-state index contributed by atoms with van der Waals surface area (Å²) in [4.78, 5) is 12.6. The summed E-state index contributed by atoms with van der Waals surface area (Å²) in [7, 11) is 0. The Kier molecular flexibility index (Phi) is 2.23. The van der Waals surface area contributed by atoms with Crippen molar-refractivity contribution in [2.45, 2.75) is 44.4 Å². The molecular formula is C17H18O. The van der Waals surface area contributed by atoms with Crippen molar-refractivity contribution in [2.24, 2.45) is 5.92 Å². The maximum Gasteiger partial charge on any atom is 0.162 e. The van der Waals surface area contributed by atoms with Gasteiger partial charge in [0.2, 0.25) is 0 Å². The van der Waals surface area contributed by atoms with Gasteiger partial charge in [-0.1, -0.05) is 29.8 Å². The smallest absolute Gasteiger partial charge is 0.162 e. The molecule has 1 heteroatoms. The number of Topliss-reactive ketones (excluding diaryl/α,β-unsaturated/α-hetero) is 1. The molecule has 92 valence electrons. The maximum absolute atomic E-state index is 12.6. The highest BCUT2D eigenvalue weighted by molar-refractivity contribution is 6.00. The number of carbonyl (C=O) groups is 1. The summed E-state index contributed by atoms with van der Waals surface area (Å²) in [5.41, 5.74) is 5.64. The Balaban J connectivity index is 1.81. The first-order chi connectivity index (χ1) is 8.84. The Morgan fingerprint density at radius 3 is 2.83 bits per heavy atom. The molecule has 0 spiro atoms. The number of aryl methyl sites for hydroxylation is 1. The van der Waals surface area contributed by atoms with Gasteiger partial charge in [-0.05, 0) is 61.1 Å². The van der Waals surface area contributed by atoms with Crippen molar-refractivity contribution >= 4 is 5.78 Å². The standard InChI is InChI=1S/C17H18O/c18-17-14-7-3-5-12(14)10-16-13-6-2-1-4-11(13)8-9-15(16)17/h1-2,4,6,15-16H,3,5,7-10H2/t15-,16-/m1/s1. The van der Waals surface area contributed by atoms with Gasteiger partial charge in [0, 0.05) is 5.92 Å². The van der Waals surface area contributed by atoms with Gasteiger partial charge in [0.05, 0.1) is 0 Å². The third-order valence-electron chi connectivity index (χ3n) is 5.10. The number of rotatable bonds is 0. The number of ketones is 1. The predicted octanol–water partition coefficient (Wildman–Crippen LogP) is 3.79. The van der Waals surface area contributed by atoms with E-state index in [1.54, 1.807) is 0 Å². The van der Waals surface area contributed by atoms with Gasteiger partial charge in [0.15, 0.2) is 5.78 Å². The normalized spacial score (nSPS) is 29.9. The van der Waals surface area contributed by atoms with Gasteiger partial charge in [0.1, 0.15) is 0 Å². The molecule has 0 N–H and O–H groups in total. The van der Waals surface area contributed by atoms with Crippen LogP contribution in [0.2, 0.25) is 0 Å². The summed E-state index contributed by atoms with van der Waals surface area (Å²) >= 11 is 0. The van der Waals surface area contributed by atoms with E-state index in [2.05, 4.69) is 24.3 Å². The fraction of sp³-hybridized carbons (Fsp3) is 0.471. The Bertz CT molecular complexity index is 552. The van der Waals surface area contributed by atoms with Crippen LogP contribution in [0.5, 0.6) is 0 Å². The second-order valence-electron chi connectivity index (χ2n) is 5.95. The highest BCUT2D eigenvalue weighted by atomic mass is 16.1. The van der Waals surface area contributed by atoms with Gasteiger partial charge in [0.25, 0.3) is 0 Å². The fourth-order valence-corrected chi connectivity index (χ4v) is 4.24. The average Bonchev–Trinajstić information content (AvgIpc) is 2.87. The number of carbonyl (C=O) groups excluding carboxylic acids is 1. The van der Waals surface area contributed by atoms with Gasteiger partial charge >= 0.3 is 0 Å². The molecule has 0 heterocycles. The molecule has 3 aliphatic carbocycles. The van der Waals surface area contributed by atoms with E-state index in [9.17, 15) is 4.79 Å². The minimum absolute atomic E-state index is 0.289. The molecule has 0 unspecified atom stereocenters. The largest absolute Gasteiger partial charge is 0.294 e. The molecule has 0 aliphatic heterocycles. The lowest BCUT2D eigenvalue weighted by Gasteiger charge is -2.36. The van der Waals surface area contributed by atoms with Crippen molar-refractivity contribution in [3.05, 3.63) is 46.5 Å². The van der Waals surface area contributed by atoms with Crippen molar-refractivity contribution in [1.82, 2.24) is 0 Å². The molecule has 0 saturated carbocycles. The molecule has 0 bridgehead atoms. The molecule has 18 heavy (non-hydrogen) atoms. The van der Waals surface area contributed by atoms with Crippen LogP contribution >= 0.6 is 0 Å². The highest BCUT2D eigenvalue weighted by Gasteiger charge is 2.41. The first kappa shape index (κ1) is 10.5. The van der Waals surface area contributed by atoms with Crippen molar-refractivity contribution in [3.63, 3.8) is 0 Å². The lowest BCUT2D eigenvalue weighted by atomic mass is 9.66. The van der Waals surface area contributed by atoms with Crippen LogP contribution in [-0.2, 0) is 11.2 Å².